The van der Waals surface area contributed by atoms with Crippen LogP contribution in [-0.4, -0.2) is 29.8 Å². The van der Waals surface area contributed by atoms with E-state index < -0.39 is 0 Å². The van der Waals surface area contributed by atoms with Crippen LogP contribution in [0.4, 0.5) is 0 Å². The van der Waals surface area contributed by atoms with Gasteiger partial charge in [0, 0.05) is 11.1 Å². The smallest absolute Gasteiger partial charge is 0.255 e. The van der Waals surface area contributed by atoms with Gasteiger partial charge in [0.05, 0.1) is 17.7 Å². The number of carbonyl (C=O) groups excluding carboxylic acids is 1. The third-order valence-electron chi connectivity index (χ3n) is 2.90. The van der Waals surface area contributed by atoms with Gasteiger partial charge in [0.25, 0.3) is 5.91 Å². The summed E-state index contributed by atoms with van der Waals surface area (Å²) in [6, 6.07) is 4.84. The van der Waals surface area contributed by atoms with E-state index in [1.165, 1.54) is 6.07 Å². The van der Waals surface area contributed by atoms with Crippen LogP contribution in [0.1, 0.15) is 23.7 Å². The van der Waals surface area contributed by atoms with E-state index in [0.717, 1.165) is 10.9 Å². The van der Waals surface area contributed by atoms with Crippen LogP contribution >= 0.6 is 15.9 Å². The molecule has 1 amide bonds. The van der Waals surface area contributed by atoms with E-state index in [1.807, 2.05) is 6.92 Å². The SMILES string of the molecule is CC1OCCC1NC(=O)c1ccc(Br)cc1O. The molecule has 92 valence electrons. The second kappa shape index (κ2) is 5.06. The first-order valence-electron chi connectivity index (χ1n) is 5.49. The van der Waals surface area contributed by atoms with E-state index in [2.05, 4.69) is 21.2 Å². The molecule has 0 aromatic heterocycles. The van der Waals surface area contributed by atoms with Crippen molar-refractivity contribution in [2.24, 2.45) is 0 Å². The normalized spacial score (nSPS) is 23.6. The van der Waals surface area contributed by atoms with E-state index in [-0.39, 0.29) is 29.4 Å². The quantitative estimate of drug-likeness (QED) is 0.879. The lowest BCUT2D eigenvalue weighted by atomic mass is 10.1. The largest absolute Gasteiger partial charge is 0.507 e. The highest BCUT2D eigenvalue weighted by Crippen LogP contribution is 2.23. The Bertz CT molecular complexity index is 436. The summed E-state index contributed by atoms with van der Waals surface area (Å²) in [5, 5.41) is 12.5. The lowest BCUT2D eigenvalue weighted by Crippen LogP contribution is -2.39. The highest BCUT2D eigenvalue weighted by molar-refractivity contribution is 9.10. The standard InChI is InChI=1S/C12H14BrNO3/c1-7-10(4-5-17-7)14-12(16)9-3-2-8(13)6-11(9)15/h2-3,6-7,10,15H,4-5H2,1H3,(H,14,16). The molecule has 2 unspecified atom stereocenters. The van der Waals surface area contributed by atoms with Gasteiger partial charge < -0.3 is 15.2 Å². The van der Waals surface area contributed by atoms with E-state index in [4.69, 9.17) is 4.74 Å². The molecule has 0 aliphatic carbocycles. The molecule has 5 heteroatoms. The minimum absolute atomic E-state index is 0.0190. The molecule has 1 aliphatic heterocycles. The molecule has 0 spiro atoms. The number of nitrogens with one attached hydrogen (secondary N) is 1. The van der Waals surface area contributed by atoms with Gasteiger partial charge in [-0.05, 0) is 31.5 Å². The molecule has 4 nitrogen and oxygen atoms in total. The van der Waals surface area contributed by atoms with Crippen molar-refractivity contribution >= 4 is 21.8 Å². The number of carbonyl (C=O) groups is 1. The maximum absolute atomic E-state index is 11.9. The summed E-state index contributed by atoms with van der Waals surface area (Å²) in [7, 11) is 0. The topological polar surface area (TPSA) is 58.6 Å². The fourth-order valence-corrected chi connectivity index (χ4v) is 2.21. The number of phenolic OH excluding ortho intramolecular Hbond substituents is 1. The van der Waals surface area contributed by atoms with Crippen LogP contribution in [0.15, 0.2) is 22.7 Å². The van der Waals surface area contributed by atoms with Crippen LogP contribution in [0.25, 0.3) is 0 Å². The molecular weight excluding hydrogens is 286 g/mol. The van der Waals surface area contributed by atoms with Gasteiger partial charge in [-0.3, -0.25) is 4.79 Å². The summed E-state index contributed by atoms with van der Waals surface area (Å²) in [5.74, 6) is -0.291. The molecule has 1 saturated heterocycles. The summed E-state index contributed by atoms with van der Waals surface area (Å²) in [6.45, 7) is 2.60. The van der Waals surface area contributed by atoms with Crippen LogP contribution in [0.5, 0.6) is 5.75 Å². The summed E-state index contributed by atoms with van der Waals surface area (Å²) in [5.41, 5.74) is 0.285. The first-order valence-corrected chi connectivity index (χ1v) is 6.28. The number of benzene rings is 1. The zero-order valence-corrected chi connectivity index (χ0v) is 11.0. The van der Waals surface area contributed by atoms with Gasteiger partial charge in [0.15, 0.2) is 0 Å². The number of phenols is 1. The summed E-state index contributed by atoms with van der Waals surface area (Å²) in [4.78, 5) is 11.9. The lowest BCUT2D eigenvalue weighted by Gasteiger charge is -2.16. The van der Waals surface area contributed by atoms with Crippen molar-refractivity contribution in [3.63, 3.8) is 0 Å². The van der Waals surface area contributed by atoms with Crippen molar-refractivity contribution in [1.82, 2.24) is 5.32 Å². The molecule has 2 atom stereocenters. The van der Waals surface area contributed by atoms with Gasteiger partial charge in [0.1, 0.15) is 5.75 Å². The first kappa shape index (κ1) is 12.4. The number of amides is 1. The minimum atomic E-state index is -0.266. The zero-order chi connectivity index (χ0) is 12.4. The van der Waals surface area contributed by atoms with Gasteiger partial charge in [-0.2, -0.15) is 0 Å². The number of hydrogen-bond acceptors (Lipinski definition) is 3. The maximum Gasteiger partial charge on any atom is 0.255 e. The molecule has 0 bridgehead atoms. The van der Waals surface area contributed by atoms with Crippen LogP contribution in [0.2, 0.25) is 0 Å². The predicted molar refractivity (Wildman–Crippen MR) is 67.1 cm³/mol. The number of halogens is 1. The zero-order valence-electron chi connectivity index (χ0n) is 9.44. The summed E-state index contributed by atoms with van der Waals surface area (Å²) in [6.07, 6.45) is 0.834. The van der Waals surface area contributed by atoms with Crippen molar-refractivity contribution in [2.75, 3.05) is 6.61 Å². The van der Waals surface area contributed by atoms with Crippen molar-refractivity contribution in [2.45, 2.75) is 25.5 Å². The van der Waals surface area contributed by atoms with Crippen molar-refractivity contribution < 1.29 is 14.6 Å². The van der Waals surface area contributed by atoms with E-state index >= 15 is 0 Å². The van der Waals surface area contributed by atoms with Crippen molar-refractivity contribution in [3.8, 4) is 5.75 Å². The Hall–Kier alpha value is -1.07. The van der Waals surface area contributed by atoms with Gasteiger partial charge in [0.2, 0.25) is 0 Å². The number of rotatable bonds is 2. The van der Waals surface area contributed by atoms with Gasteiger partial charge in [-0.1, -0.05) is 15.9 Å². The van der Waals surface area contributed by atoms with Crippen LogP contribution in [0, 0.1) is 0 Å². The highest BCUT2D eigenvalue weighted by atomic mass is 79.9. The summed E-state index contributed by atoms with van der Waals surface area (Å²) >= 11 is 3.23. The summed E-state index contributed by atoms with van der Waals surface area (Å²) < 4.78 is 6.11. The molecular formula is C12H14BrNO3. The number of hydrogen-bond donors (Lipinski definition) is 2. The third-order valence-corrected chi connectivity index (χ3v) is 3.39. The van der Waals surface area contributed by atoms with Gasteiger partial charge >= 0.3 is 0 Å². The maximum atomic E-state index is 11.9. The molecule has 1 aromatic rings. The first-order chi connectivity index (χ1) is 8.08. The Balaban J connectivity index is 2.09. The highest BCUT2D eigenvalue weighted by Gasteiger charge is 2.26. The van der Waals surface area contributed by atoms with E-state index in [1.54, 1.807) is 12.1 Å². The Morgan fingerprint density at radius 1 is 1.59 bits per heavy atom. The fraction of sp³-hybridized carbons (Fsp3) is 0.417. The third kappa shape index (κ3) is 2.79. The fourth-order valence-electron chi connectivity index (χ4n) is 1.86. The Labute approximate surface area is 108 Å². The number of ether oxygens (including phenoxy) is 1. The molecule has 0 saturated carbocycles. The van der Waals surface area contributed by atoms with Gasteiger partial charge in [-0.25, -0.2) is 0 Å². The molecule has 1 heterocycles. The van der Waals surface area contributed by atoms with Crippen molar-refractivity contribution in [3.05, 3.63) is 28.2 Å². The molecule has 0 radical (unpaired) electrons. The second-order valence-electron chi connectivity index (χ2n) is 4.11. The van der Waals surface area contributed by atoms with Crippen LogP contribution in [0.3, 0.4) is 0 Å². The molecule has 1 fully saturated rings. The minimum Gasteiger partial charge on any atom is -0.507 e. The monoisotopic (exact) mass is 299 g/mol. The molecule has 1 aliphatic rings. The van der Waals surface area contributed by atoms with E-state index in [9.17, 15) is 9.90 Å². The van der Waals surface area contributed by atoms with Crippen LogP contribution in [-0.2, 0) is 4.74 Å². The number of aromatic hydroxyl groups is 1. The Morgan fingerprint density at radius 3 is 2.94 bits per heavy atom. The Morgan fingerprint density at radius 2 is 2.35 bits per heavy atom. The predicted octanol–water partition coefficient (Wildman–Crippen LogP) is 2.06. The molecule has 2 rings (SSSR count). The van der Waals surface area contributed by atoms with Gasteiger partial charge in [-0.15, -0.1) is 0 Å². The average Bonchev–Trinajstić information content (AvgIpc) is 2.64. The molecule has 1 aromatic carbocycles. The average molecular weight is 300 g/mol. The van der Waals surface area contributed by atoms with E-state index in [0.29, 0.717) is 6.61 Å². The Kier molecular flexibility index (Phi) is 3.69. The lowest BCUT2D eigenvalue weighted by molar-refractivity contribution is 0.0864. The second-order valence-corrected chi connectivity index (χ2v) is 5.02. The van der Waals surface area contributed by atoms with Crippen LogP contribution < -0.4 is 5.32 Å². The molecule has 2 N–H and O–H groups in total. The van der Waals surface area contributed by atoms with Crippen molar-refractivity contribution in [1.29, 1.82) is 0 Å². The molecule has 17 heavy (non-hydrogen) atoms.